The van der Waals surface area contributed by atoms with Crippen molar-refractivity contribution in [2.45, 2.75) is 37.9 Å². The summed E-state index contributed by atoms with van der Waals surface area (Å²) < 4.78 is 7.01. The van der Waals surface area contributed by atoms with Crippen molar-refractivity contribution in [3.05, 3.63) is 43.9 Å². The summed E-state index contributed by atoms with van der Waals surface area (Å²) in [5.41, 5.74) is 0.551. The summed E-state index contributed by atoms with van der Waals surface area (Å²) in [7, 11) is 0. The van der Waals surface area contributed by atoms with E-state index in [1.807, 2.05) is 11.8 Å². The molecule has 3 aromatic heterocycles. The average Bonchev–Trinajstić information content (AvgIpc) is 3.43. The molecule has 0 bridgehead atoms. The maximum absolute atomic E-state index is 13.6. The Balaban J connectivity index is 1.22. The Morgan fingerprint density at radius 2 is 2.16 bits per heavy atom. The Hall–Kier alpha value is -2.67. The van der Waals surface area contributed by atoms with Crippen LogP contribution in [0.5, 0.6) is 0 Å². The largest absolute Gasteiger partial charge is 0.377 e. The molecule has 6 heterocycles. The van der Waals surface area contributed by atoms with Gasteiger partial charge in [-0.3, -0.25) is 19.0 Å². The number of aromatic nitrogens is 3. The number of hydrogen-bond acceptors (Lipinski definition) is 9. The van der Waals surface area contributed by atoms with Crippen LogP contribution >= 0.6 is 34.7 Å². The second-order valence-corrected chi connectivity index (χ2v) is 12.8. The van der Waals surface area contributed by atoms with Gasteiger partial charge in [0.1, 0.15) is 34.0 Å². The number of anilines is 2. The third-order valence-electron chi connectivity index (χ3n) is 7.92. The molecule has 0 radical (unpaired) electrons. The van der Waals surface area contributed by atoms with Gasteiger partial charge >= 0.3 is 0 Å². The van der Waals surface area contributed by atoms with Crippen molar-refractivity contribution >= 4 is 68.2 Å². The van der Waals surface area contributed by atoms with E-state index in [1.165, 1.54) is 17.0 Å². The molecule has 0 unspecified atom stereocenters. The lowest BCUT2D eigenvalue weighted by molar-refractivity contribution is -0.143. The number of rotatable bonds is 3. The molecular weight excluding hydrogens is 548 g/mol. The van der Waals surface area contributed by atoms with E-state index in [0.717, 1.165) is 33.5 Å². The molecule has 2 N–H and O–H groups in total. The summed E-state index contributed by atoms with van der Waals surface area (Å²) >= 11 is 9.75. The van der Waals surface area contributed by atoms with Crippen molar-refractivity contribution in [3.8, 4) is 0 Å². The Labute approximate surface area is 231 Å². The summed E-state index contributed by atoms with van der Waals surface area (Å²) in [5, 5.41) is 7.25. The number of pyridine rings is 1. The topological polar surface area (TPSA) is 118 Å². The van der Waals surface area contributed by atoms with Crippen LogP contribution in [0.2, 0.25) is 5.02 Å². The monoisotopic (exact) mass is 572 g/mol. The van der Waals surface area contributed by atoms with Crippen molar-refractivity contribution in [1.29, 1.82) is 0 Å². The van der Waals surface area contributed by atoms with E-state index in [4.69, 9.17) is 16.3 Å². The summed E-state index contributed by atoms with van der Waals surface area (Å²) in [5.74, 6) is 1.56. The summed E-state index contributed by atoms with van der Waals surface area (Å²) in [4.78, 5) is 52.4. The first-order valence-corrected chi connectivity index (χ1v) is 15.0. The van der Waals surface area contributed by atoms with Gasteiger partial charge in [-0.25, -0.2) is 9.97 Å². The van der Waals surface area contributed by atoms with Crippen molar-refractivity contribution < 1.29 is 14.3 Å². The van der Waals surface area contributed by atoms with Gasteiger partial charge in [-0.15, -0.1) is 11.3 Å². The van der Waals surface area contributed by atoms with E-state index in [1.54, 1.807) is 23.1 Å². The van der Waals surface area contributed by atoms with Crippen LogP contribution in [0, 0.1) is 5.92 Å². The SMILES string of the molecule is C[C@@H]1COCCN1C(=O)[C@H]1CCc2c(sc3ncnc(Nc4cc(Cl)c5n(c4=O)C4(CSC4)NC5=O)c23)C1. The van der Waals surface area contributed by atoms with Crippen LogP contribution in [0.1, 0.15) is 34.3 Å². The third kappa shape index (κ3) is 3.60. The minimum absolute atomic E-state index is 0.0674. The molecule has 13 heteroatoms. The van der Waals surface area contributed by atoms with E-state index in [0.29, 0.717) is 43.5 Å². The quantitative estimate of drug-likeness (QED) is 0.492. The molecule has 2 amide bonds. The van der Waals surface area contributed by atoms with Gasteiger partial charge in [0.15, 0.2) is 0 Å². The van der Waals surface area contributed by atoms with Gasteiger partial charge < -0.3 is 20.3 Å². The maximum Gasteiger partial charge on any atom is 0.276 e. The lowest BCUT2D eigenvalue weighted by Crippen LogP contribution is -2.57. The fraction of sp³-hybridized carbons (Fsp3) is 0.480. The Morgan fingerprint density at radius 1 is 1.32 bits per heavy atom. The van der Waals surface area contributed by atoms with Crippen molar-refractivity contribution in [1.82, 2.24) is 24.8 Å². The van der Waals surface area contributed by atoms with Crippen LogP contribution in [0.15, 0.2) is 17.2 Å². The number of halogens is 1. The van der Waals surface area contributed by atoms with E-state index < -0.39 is 5.66 Å². The molecule has 198 valence electrons. The molecule has 1 aliphatic carbocycles. The summed E-state index contributed by atoms with van der Waals surface area (Å²) in [6, 6.07) is 1.59. The van der Waals surface area contributed by atoms with E-state index >= 15 is 0 Å². The minimum atomic E-state index is -0.725. The van der Waals surface area contributed by atoms with Gasteiger partial charge in [0, 0.05) is 28.8 Å². The highest BCUT2D eigenvalue weighted by Crippen LogP contribution is 2.42. The fourth-order valence-corrected chi connectivity index (χ4v) is 8.49. The number of thioether (sulfide) groups is 1. The predicted octanol–water partition coefficient (Wildman–Crippen LogP) is 2.75. The summed E-state index contributed by atoms with van der Waals surface area (Å²) in [6.45, 7) is 3.82. The number of carbonyl (C=O) groups excluding carboxylic acids is 2. The Kier molecular flexibility index (Phi) is 5.73. The number of morpholine rings is 1. The highest BCUT2D eigenvalue weighted by atomic mass is 35.5. The van der Waals surface area contributed by atoms with Gasteiger partial charge in [-0.2, -0.15) is 11.8 Å². The number of hydrogen-bond donors (Lipinski definition) is 2. The standard InChI is InChI=1S/C25H25ClN6O4S2/c1-12-8-36-5-4-31(12)23(34)13-2-3-14-17(6-13)38-22-18(14)20(27-11-28-22)29-16-7-15(26)19-21(33)30-25(9-37-10-25)32(19)24(16)35/h7,11-13H,2-6,8-10H2,1H3,(H,30,33)(H,27,28,29)/t12-,13+/m1/s1. The lowest BCUT2D eigenvalue weighted by Gasteiger charge is -2.38. The van der Waals surface area contributed by atoms with Crippen LogP contribution in [-0.2, 0) is 28.0 Å². The molecule has 7 rings (SSSR count). The van der Waals surface area contributed by atoms with Gasteiger partial charge in [0.2, 0.25) is 5.91 Å². The first-order valence-electron chi connectivity index (χ1n) is 12.6. The number of carbonyl (C=O) groups is 2. The number of nitrogens with one attached hydrogen (secondary N) is 2. The number of fused-ring (bicyclic) bond motifs is 5. The van der Waals surface area contributed by atoms with Gasteiger partial charge in [-0.05, 0) is 37.8 Å². The first kappa shape index (κ1) is 24.4. The van der Waals surface area contributed by atoms with Crippen LogP contribution in [0.4, 0.5) is 11.5 Å². The fourth-order valence-electron chi connectivity index (χ4n) is 5.95. The van der Waals surface area contributed by atoms with E-state index in [9.17, 15) is 14.4 Å². The molecule has 2 fully saturated rings. The lowest BCUT2D eigenvalue weighted by atomic mass is 9.86. The molecule has 0 saturated carbocycles. The zero-order chi connectivity index (χ0) is 26.2. The average molecular weight is 573 g/mol. The number of thiophene rings is 1. The zero-order valence-corrected chi connectivity index (χ0v) is 23.0. The Morgan fingerprint density at radius 3 is 2.92 bits per heavy atom. The molecule has 4 aliphatic rings. The highest BCUT2D eigenvalue weighted by Gasteiger charge is 2.50. The number of nitrogens with zero attached hydrogens (tertiary/aromatic N) is 4. The second kappa shape index (κ2) is 8.94. The van der Waals surface area contributed by atoms with E-state index in [2.05, 4.69) is 20.6 Å². The smallest absolute Gasteiger partial charge is 0.276 e. The van der Waals surface area contributed by atoms with Crippen LogP contribution in [-0.4, -0.2) is 68.6 Å². The second-order valence-electron chi connectivity index (χ2n) is 10.3. The van der Waals surface area contributed by atoms with Gasteiger partial charge in [0.05, 0.1) is 29.7 Å². The number of ether oxygens (including phenoxy) is 1. The van der Waals surface area contributed by atoms with Crippen molar-refractivity contribution in [3.63, 3.8) is 0 Å². The van der Waals surface area contributed by atoms with Crippen LogP contribution in [0.3, 0.4) is 0 Å². The summed E-state index contributed by atoms with van der Waals surface area (Å²) in [6.07, 6.45) is 3.62. The van der Waals surface area contributed by atoms with Crippen molar-refractivity contribution in [2.75, 3.05) is 36.6 Å². The highest BCUT2D eigenvalue weighted by molar-refractivity contribution is 8.00. The molecule has 2 atom stereocenters. The molecular formula is C25H25ClN6O4S2. The van der Waals surface area contributed by atoms with Crippen LogP contribution in [0.25, 0.3) is 10.2 Å². The van der Waals surface area contributed by atoms with Gasteiger partial charge in [-0.1, -0.05) is 11.6 Å². The van der Waals surface area contributed by atoms with E-state index in [-0.39, 0.29) is 45.7 Å². The van der Waals surface area contributed by atoms with Crippen molar-refractivity contribution in [2.24, 2.45) is 5.92 Å². The molecule has 3 aliphatic heterocycles. The molecule has 2 saturated heterocycles. The predicted molar refractivity (Wildman–Crippen MR) is 147 cm³/mol. The Bertz CT molecular complexity index is 1570. The normalized spacial score (nSPS) is 23.6. The van der Waals surface area contributed by atoms with Crippen LogP contribution < -0.4 is 16.2 Å². The minimum Gasteiger partial charge on any atom is -0.377 e. The first-order chi connectivity index (χ1) is 18.4. The zero-order valence-electron chi connectivity index (χ0n) is 20.6. The molecule has 1 spiro atoms. The molecule has 38 heavy (non-hydrogen) atoms. The third-order valence-corrected chi connectivity index (χ3v) is 10.7. The maximum atomic E-state index is 13.6. The van der Waals surface area contributed by atoms with Gasteiger partial charge in [0.25, 0.3) is 11.5 Å². The molecule has 0 aromatic carbocycles. The molecule has 3 aromatic rings. The number of amides is 2. The molecule has 10 nitrogen and oxygen atoms in total. The number of aryl methyl sites for hydroxylation is 1.